The number of rotatable bonds is 5. The van der Waals surface area contributed by atoms with E-state index in [1.165, 1.54) is 24.8 Å². The van der Waals surface area contributed by atoms with Gasteiger partial charge in [-0.2, -0.15) is 0 Å². The monoisotopic (exact) mass is 436 g/mol. The second kappa shape index (κ2) is 9.39. The molecule has 0 radical (unpaired) electrons. The Balaban J connectivity index is 1.60. The number of anilines is 1. The fourth-order valence-electron chi connectivity index (χ4n) is 2.61. The highest BCUT2D eigenvalue weighted by Crippen LogP contribution is 2.22. The van der Waals surface area contributed by atoms with E-state index in [0.29, 0.717) is 15.7 Å². The topological polar surface area (TPSA) is 99.9 Å². The van der Waals surface area contributed by atoms with Crippen molar-refractivity contribution in [3.8, 4) is 0 Å². The van der Waals surface area contributed by atoms with Crippen LogP contribution in [0.25, 0.3) is 0 Å². The molecule has 2 heterocycles. The van der Waals surface area contributed by atoms with Crippen molar-refractivity contribution in [1.29, 1.82) is 0 Å². The number of aryl methyl sites for hydroxylation is 1. The first-order valence-corrected chi connectivity index (χ1v) is 11.4. The molecule has 1 N–H and O–H groups in total. The molecule has 0 unspecified atom stereocenters. The second-order valence-corrected chi connectivity index (χ2v) is 9.27. The van der Waals surface area contributed by atoms with Crippen molar-refractivity contribution in [2.75, 3.05) is 17.8 Å². The fourth-order valence-corrected chi connectivity index (χ4v) is 4.34. The van der Waals surface area contributed by atoms with Gasteiger partial charge in [0, 0.05) is 25.0 Å². The number of hydrogen-bond donors (Lipinski definition) is 1. The highest BCUT2D eigenvalue weighted by atomic mass is 32.2. The van der Waals surface area contributed by atoms with E-state index in [9.17, 15) is 8.42 Å². The molecule has 1 fully saturated rings. The average Bonchev–Trinajstić information content (AvgIpc) is 2.69. The van der Waals surface area contributed by atoms with E-state index in [4.69, 9.17) is 12.2 Å². The molecule has 0 bridgehead atoms. The second-order valence-electron chi connectivity index (χ2n) is 6.21. The number of likely N-dealkylation sites (tertiary alicyclic amines) is 1. The van der Waals surface area contributed by atoms with Crippen LogP contribution < -0.4 is 4.72 Å². The summed E-state index contributed by atoms with van der Waals surface area (Å²) < 4.78 is 32.0. The van der Waals surface area contributed by atoms with Gasteiger partial charge < -0.3 is 4.90 Å². The van der Waals surface area contributed by atoms with Crippen LogP contribution in [-0.2, 0) is 10.0 Å². The van der Waals surface area contributed by atoms with Crippen molar-refractivity contribution in [3.05, 3.63) is 42.2 Å². The van der Waals surface area contributed by atoms with E-state index < -0.39 is 10.0 Å². The third-order valence-corrected chi connectivity index (χ3v) is 6.46. The normalized spacial score (nSPS) is 15.0. The summed E-state index contributed by atoms with van der Waals surface area (Å²) in [4.78, 5) is 10.2. The van der Waals surface area contributed by atoms with Gasteiger partial charge in [0.25, 0.3) is 10.0 Å². The van der Waals surface area contributed by atoms with E-state index >= 15 is 0 Å². The molecule has 11 heteroatoms. The van der Waals surface area contributed by atoms with Crippen LogP contribution in [0.4, 0.5) is 11.6 Å². The number of piperidine rings is 1. The molecular weight excluding hydrogens is 416 g/mol. The smallest absolute Gasteiger partial charge is 0.264 e. The number of nitrogens with zero attached hydrogens (tertiary/aromatic N) is 5. The summed E-state index contributed by atoms with van der Waals surface area (Å²) in [6.07, 6.45) is 5.03. The number of sulfonamides is 1. The van der Waals surface area contributed by atoms with E-state index in [-0.39, 0.29) is 10.8 Å². The zero-order valence-corrected chi connectivity index (χ0v) is 17.7. The Kier molecular flexibility index (Phi) is 6.92. The molecule has 28 heavy (non-hydrogen) atoms. The first kappa shape index (κ1) is 20.6. The third-order valence-electron chi connectivity index (χ3n) is 4.06. The number of aromatic nitrogens is 2. The zero-order chi connectivity index (χ0) is 20.0. The average molecular weight is 437 g/mol. The van der Waals surface area contributed by atoms with E-state index in [2.05, 4.69) is 29.2 Å². The molecule has 2 aromatic rings. The van der Waals surface area contributed by atoms with Crippen molar-refractivity contribution in [2.45, 2.75) is 31.1 Å². The van der Waals surface area contributed by atoms with Crippen LogP contribution in [0.5, 0.6) is 0 Å². The predicted octanol–water partition coefficient (Wildman–Crippen LogP) is 4.09. The zero-order valence-electron chi connectivity index (χ0n) is 15.3. The number of nitrogens with one attached hydrogen (secondary N) is 1. The van der Waals surface area contributed by atoms with Crippen LogP contribution >= 0.6 is 24.2 Å². The van der Waals surface area contributed by atoms with Crippen molar-refractivity contribution in [2.24, 2.45) is 9.63 Å². The van der Waals surface area contributed by atoms with E-state index in [0.717, 1.165) is 37.9 Å². The minimum Gasteiger partial charge on any atom is -0.356 e. The molecule has 0 saturated carbocycles. The summed E-state index contributed by atoms with van der Waals surface area (Å²) in [7, 11) is -3.78. The summed E-state index contributed by atoms with van der Waals surface area (Å²) >= 11 is 6.53. The molecular formula is C17H20N6O2S3. The molecule has 1 aromatic heterocycles. The molecule has 1 aliphatic rings. The summed E-state index contributed by atoms with van der Waals surface area (Å²) in [5, 5.41) is 4.09. The van der Waals surface area contributed by atoms with Crippen LogP contribution in [0.3, 0.4) is 0 Å². The Morgan fingerprint density at radius 3 is 2.57 bits per heavy atom. The largest absolute Gasteiger partial charge is 0.356 e. The molecule has 0 aliphatic carbocycles. The van der Waals surface area contributed by atoms with Crippen LogP contribution in [0.2, 0.25) is 0 Å². The van der Waals surface area contributed by atoms with Crippen molar-refractivity contribution in [1.82, 2.24) is 14.9 Å². The number of benzene rings is 1. The van der Waals surface area contributed by atoms with Gasteiger partial charge in [-0.25, -0.2) is 23.1 Å². The summed E-state index contributed by atoms with van der Waals surface area (Å²) in [6, 6.07) is 7.77. The first-order chi connectivity index (χ1) is 13.4. The Morgan fingerprint density at radius 1 is 1.18 bits per heavy atom. The quantitative estimate of drug-likeness (QED) is 0.428. The molecule has 8 nitrogen and oxygen atoms in total. The van der Waals surface area contributed by atoms with Gasteiger partial charge in [-0.05, 0) is 56.5 Å². The Bertz CT molecular complexity index is 957. The lowest BCUT2D eigenvalue weighted by atomic mass is 10.1. The van der Waals surface area contributed by atoms with E-state index in [1.807, 2.05) is 0 Å². The van der Waals surface area contributed by atoms with Gasteiger partial charge in [0.15, 0.2) is 4.32 Å². The lowest BCUT2D eigenvalue weighted by Gasteiger charge is -2.27. The summed E-state index contributed by atoms with van der Waals surface area (Å²) in [6.45, 7) is 3.69. The maximum Gasteiger partial charge on any atom is 0.264 e. The lowest BCUT2D eigenvalue weighted by molar-refractivity contribution is 0.352. The number of hydrogen-bond acceptors (Lipinski definition) is 8. The van der Waals surface area contributed by atoms with Crippen molar-refractivity contribution in [3.63, 3.8) is 0 Å². The summed E-state index contributed by atoms with van der Waals surface area (Å²) in [5.74, 6) is 0.0337. The predicted molar refractivity (Wildman–Crippen MR) is 114 cm³/mol. The van der Waals surface area contributed by atoms with Crippen LogP contribution in [-0.4, -0.2) is 40.7 Å². The standard InChI is InChI=1S/C17H20N6O2S3/c1-13-9-10-18-16(19-13)21-28(24,25)15-7-5-14(6-8-15)20-22-27-17(26)23-11-3-2-4-12-23/h5-10H,2-4,11-12H2,1H3,(H,18,19,21). The SMILES string of the molecule is Cc1ccnc(NS(=O)(=O)c2ccc(N=NSC(=S)N3CCCCC3)cc2)n1. The van der Waals surface area contributed by atoms with Gasteiger partial charge in [-0.3, -0.25) is 0 Å². The first-order valence-electron chi connectivity index (χ1n) is 8.73. The molecule has 0 amide bonds. The molecule has 3 rings (SSSR count). The van der Waals surface area contributed by atoms with Gasteiger partial charge in [0.1, 0.15) is 0 Å². The minimum absolute atomic E-state index is 0.0337. The van der Waals surface area contributed by atoms with Gasteiger partial charge in [-0.1, -0.05) is 12.2 Å². The minimum atomic E-state index is -3.78. The highest BCUT2D eigenvalue weighted by Gasteiger charge is 2.16. The highest BCUT2D eigenvalue weighted by molar-refractivity contribution is 8.21. The van der Waals surface area contributed by atoms with E-state index in [1.54, 1.807) is 25.1 Å². The van der Waals surface area contributed by atoms with Crippen LogP contribution in [0.15, 0.2) is 51.1 Å². The molecule has 1 aromatic carbocycles. The Labute approximate surface area is 174 Å². The van der Waals surface area contributed by atoms with Crippen molar-refractivity contribution >= 4 is 50.1 Å². The fraction of sp³-hybridized carbons (Fsp3) is 0.353. The van der Waals surface area contributed by atoms with Crippen molar-refractivity contribution < 1.29 is 8.42 Å². The molecule has 148 valence electrons. The molecule has 1 aliphatic heterocycles. The maximum absolute atomic E-state index is 12.4. The summed E-state index contributed by atoms with van der Waals surface area (Å²) in [5.41, 5.74) is 1.21. The van der Waals surface area contributed by atoms with Crippen LogP contribution in [0, 0.1) is 6.92 Å². The Morgan fingerprint density at radius 2 is 1.89 bits per heavy atom. The molecule has 0 spiro atoms. The molecule has 1 saturated heterocycles. The Hall–Kier alpha value is -2.11. The lowest BCUT2D eigenvalue weighted by Crippen LogP contribution is -2.32. The number of thiocarbonyl (C=S) groups is 1. The van der Waals surface area contributed by atoms with Gasteiger partial charge in [-0.15, -0.1) is 9.63 Å². The third kappa shape index (κ3) is 5.69. The van der Waals surface area contributed by atoms with Gasteiger partial charge in [0.2, 0.25) is 5.95 Å². The maximum atomic E-state index is 12.4. The van der Waals surface area contributed by atoms with Crippen LogP contribution in [0.1, 0.15) is 25.0 Å². The van der Waals surface area contributed by atoms with Gasteiger partial charge >= 0.3 is 0 Å². The molecule has 0 atom stereocenters. The van der Waals surface area contributed by atoms with Gasteiger partial charge in [0.05, 0.1) is 22.5 Å².